The first-order valence-corrected chi connectivity index (χ1v) is 9.40. The summed E-state index contributed by atoms with van der Waals surface area (Å²) in [7, 11) is 0. The Morgan fingerprint density at radius 2 is 2.07 bits per heavy atom. The maximum Gasteiger partial charge on any atom is 0.237 e. The Balaban J connectivity index is 1.77. The van der Waals surface area contributed by atoms with Gasteiger partial charge in [-0.3, -0.25) is 4.79 Å². The number of amides is 1. The molecule has 1 aromatic heterocycles. The molecule has 0 aliphatic heterocycles. The second kappa shape index (κ2) is 8.06. The fourth-order valence-corrected chi connectivity index (χ4v) is 3.36. The fraction of sp³-hybridized carbons (Fsp3) is 0.222. The highest BCUT2D eigenvalue weighted by molar-refractivity contribution is 8.00. The van der Waals surface area contributed by atoms with Crippen LogP contribution >= 0.6 is 23.4 Å². The minimum Gasteiger partial charge on any atom is -0.323 e. The third-order valence-corrected chi connectivity index (χ3v) is 5.35. The van der Waals surface area contributed by atoms with Crippen LogP contribution in [-0.2, 0) is 4.79 Å². The van der Waals surface area contributed by atoms with E-state index < -0.39 is 11.1 Å². The van der Waals surface area contributed by atoms with E-state index in [1.165, 1.54) is 23.9 Å². The van der Waals surface area contributed by atoms with Gasteiger partial charge in [0.05, 0.1) is 16.6 Å². The van der Waals surface area contributed by atoms with E-state index in [1.807, 2.05) is 32.0 Å². The molecule has 1 atom stereocenters. The van der Waals surface area contributed by atoms with E-state index in [-0.39, 0.29) is 16.6 Å². The zero-order valence-corrected chi connectivity index (χ0v) is 16.5. The Bertz CT molecular complexity index is 994. The molecule has 1 amide bonds. The molecule has 6 nitrogen and oxygen atoms in total. The van der Waals surface area contributed by atoms with Crippen LogP contribution in [0.5, 0.6) is 0 Å². The van der Waals surface area contributed by atoms with Crippen molar-refractivity contribution in [2.45, 2.75) is 31.2 Å². The molecule has 0 aliphatic carbocycles. The number of anilines is 1. The second-order valence-corrected chi connectivity index (χ2v) is 7.71. The molecule has 2 aromatic carbocycles. The van der Waals surface area contributed by atoms with E-state index in [9.17, 15) is 9.18 Å². The zero-order valence-electron chi connectivity index (χ0n) is 14.9. The van der Waals surface area contributed by atoms with Gasteiger partial charge in [-0.05, 0) is 66.6 Å². The van der Waals surface area contributed by atoms with E-state index >= 15 is 0 Å². The molecule has 1 heterocycles. The molecule has 27 heavy (non-hydrogen) atoms. The molecule has 1 unspecified atom stereocenters. The molecule has 0 radical (unpaired) electrons. The van der Waals surface area contributed by atoms with Gasteiger partial charge in [0, 0.05) is 5.02 Å². The normalized spacial score (nSPS) is 12.0. The van der Waals surface area contributed by atoms with Gasteiger partial charge >= 0.3 is 0 Å². The average Bonchev–Trinajstić information content (AvgIpc) is 3.07. The lowest BCUT2D eigenvalue weighted by Gasteiger charge is -2.13. The largest absolute Gasteiger partial charge is 0.323 e. The number of hydrogen-bond acceptors (Lipinski definition) is 5. The van der Waals surface area contributed by atoms with Gasteiger partial charge < -0.3 is 5.32 Å². The minimum atomic E-state index is -0.590. The monoisotopic (exact) mass is 405 g/mol. The number of carbonyl (C=O) groups is 1. The van der Waals surface area contributed by atoms with Gasteiger partial charge in [0.1, 0.15) is 5.82 Å². The van der Waals surface area contributed by atoms with Gasteiger partial charge in [0.2, 0.25) is 11.1 Å². The Morgan fingerprint density at radius 1 is 1.30 bits per heavy atom. The molecule has 1 N–H and O–H groups in total. The number of aryl methyl sites for hydroxylation is 1. The van der Waals surface area contributed by atoms with E-state index in [2.05, 4.69) is 20.8 Å². The van der Waals surface area contributed by atoms with Crippen molar-refractivity contribution in [1.29, 1.82) is 0 Å². The first-order valence-electron chi connectivity index (χ1n) is 8.14. The topological polar surface area (TPSA) is 72.7 Å². The van der Waals surface area contributed by atoms with Crippen LogP contribution in [0.1, 0.15) is 18.1 Å². The molecule has 0 fully saturated rings. The van der Waals surface area contributed by atoms with E-state index in [0.29, 0.717) is 5.16 Å². The summed E-state index contributed by atoms with van der Waals surface area (Å²) in [6.45, 7) is 5.70. The summed E-state index contributed by atoms with van der Waals surface area (Å²) < 4.78 is 15.5. The number of rotatable bonds is 5. The highest BCUT2D eigenvalue weighted by Gasteiger charge is 2.21. The summed E-state index contributed by atoms with van der Waals surface area (Å²) in [5, 5.41) is 14.5. The molecule has 0 saturated carbocycles. The van der Waals surface area contributed by atoms with Crippen molar-refractivity contribution < 1.29 is 9.18 Å². The van der Waals surface area contributed by atoms with Crippen LogP contribution in [0.25, 0.3) is 5.69 Å². The fourth-order valence-electron chi connectivity index (χ4n) is 2.41. The van der Waals surface area contributed by atoms with Crippen molar-refractivity contribution in [3.63, 3.8) is 0 Å². The lowest BCUT2D eigenvalue weighted by atomic mass is 10.1. The van der Waals surface area contributed by atoms with Crippen LogP contribution < -0.4 is 5.32 Å². The van der Waals surface area contributed by atoms with Gasteiger partial charge in [-0.15, -0.1) is 5.10 Å². The van der Waals surface area contributed by atoms with E-state index in [1.54, 1.807) is 11.6 Å². The quantitative estimate of drug-likeness (QED) is 0.644. The van der Waals surface area contributed by atoms with Crippen LogP contribution in [0, 0.1) is 19.7 Å². The predicted molar refractivity (Wildman–Crippen MR) is 104 cm³/mol. The van der Waals surface area contributed by atoms with Crippen molar-refractivity contribution in [3.8, 4) is 5.69 Å². The molecular formula is C18H17ClFN5OS. The van der Waals surface area contributed by atoms with Crippen LogP contribution in [0.2, 0.25) is 5.02 Å². The molecular weight excluding hydrogens is 389 g/mol. The third-order valence-electron chi connectivity index (χ3n) is 4.09. The average molecular weight is 406 g/mol. The minimum absolute atomic E-state index is 0.0750. The van der Waals surface area contributed by atoms with E-state index in [4.69, 9.17) is 11.6 Å². The molecule has 3 rings (SSSR count). The Morgan fingerprint density at radius 3 is 2.81 bits per heavy atom. The summed E-state index contributed by atoms with van der Waals surface area (Å²) in [4.78, 5) is 12.4. The smallest absolute Gasteiger partial charge is 0.237 e. The number of benzene rings is 2. The number of nitrogens with one attached hydrogen (secondary N) is 1. The zero-order chi connectivity index (χ0) is 19.6. The van der Waals surface area contributed by atoms with E-state index in [0.717, 1.165) is 22.9 Å². The Hall–Kier alpha value is -2.45. The Kier molecular flexibility index (Phi) is 5.76. The van der Waals surface area contributed by atoms with Crippen LogP contribution in [-0.4, -0.2) is 31.4 Å². The van der Waals surface area contributed by atoms with Gasteiger partial charge in [-0.1, -0.05) is 35.5 Å². The van der Waals surface area contributed by atoms with Crippen molar-refractivity contribution in [2.24, 2.45) is 0 Å². The number of tetrazole rings is 1. The third kappa shape index (κ3) is 4.28. The standard InChI is InChI=1S/C18H17ClFN5OS/c1-10-5-4-6-16(11(10)2)25-18(22-23-24-25)27-12(3)17(26)21-15-8-7-13(19)9-14(15)20/h4-9,12H,1-3H3,(H,21,26). The number of halogens is 2. The predicted octanol–water partition coefficient (Wildman–Crippen LogP) is 4.19. The van der Waals surface area contributed by atoms with Crippen molar-refractivity contribution in [3.05, 3.63) is 58.4 Å². The first kappa shape index (κ1) is 19.3. The van der Waals surface area contributed by atoms with Crippen LogP contribution in [0.15, 0.2) is 41.6 Å². The number of thioether (sulfide) groups is 1. The van der Waals surface area contributed by atoms with Crippen LogP contribution in [0.4, 0.5) is 10.1 Å². The number of nitrogens with zero attached hydrogens (tertiary/aromatic N) is 4. The molecule has 0 bridgehead atoms. The van der Waals surface area contributed by atoms with Crippen molar-refractivity contribution >= 4 is 35.0 Å². The SMILES string of the molecule is Cc1cccc(-n2nnnc2SC(C)C(=O)Nc2ccc(Cl)cc2F)c1C. The van der Waals surface area contributed by atoms with Crippen molar-refractivity contribution in [1.82, 2.24) is 20.2 Å². The number of aromatic nitrogens is 4. The van der Waals surface area contributed by atoms with Crippen molar-refractivity contribution in [2.75, 3.05) is 5.32 Å². The lowest BCUT2D eigenvalue weighted by molar-refractivity contribution is -0.115. The summed E-state index contributed by atoms with van der Waals surface area (Å²) in [6, 6.07) is 9.93. The Labute approximate surface area is 165 Å². The molecule has 9 heteroatoms. The number of hydrogen-bond donors (Lipinski definition) is 1. The molecule has 140 valence electrons. The number of carbonyl (C=O) groups excluding carboxylic acids is 1. The van der Waals surface area contributed by atoms with Gasteiger partial charge in [0.15, 0.2) is 0 Å². The van der Waals surface area contributed by atoms with Gasteiger partial charge in [-0.2, -0.15) is 4.68 Å². The molecule has 0 spiro atoms. The summed E-state index contributed by atoms with van der Waals surface area (Å²) in [5.74, 6) is -0.954. The van der Waals surface area contributed by atoms with Gasteiger partial charge in [0.25, 0.3) is 0 Å². The highest BCUT2D eigenvalue weighted by atomic mass is 35.5. The van der Waals surface area contributed by atoms with Crippen LogP contribution in [0.3, 0.4) is 0 Å². The maximum atomic E-state index is 13.9. The molecule has 0 saturated heterocycles. The van der Waals surface area contributed by atoms with Gasteiger partial charge in [-0.25, -0.2) is 4.39 Å². The second-order valence-electron chi connectivity index (χ2n) is 5.97. The molecule has 0 aliphatic rings. The summed E-state index contributed by atoms with van der Waals surface area (Å²) in [5.41, 5.74) is 3.08. The molecule has 3 aromatic rings. The highest BCUT2D eigenvalue weighted by Crippen LogP contribution is 2.26. The first-order chi connectivity index (χ1) is 12.9. The lowest BCUT2D eigenvalue weighted by Crippen LogP contribution is -2.23. The summed E-state index contributed by atoms with van der Waals surface area (Å²) >= 11 is 6.92. The maximum absolute atomic E-state index is 13.9. The summed E-state index contributed by atoms with van der Waals surface area (Å²) in [6.07, 6.45) is 0.